The lowest BCUT2D eigenvalue weighted by atomic mass is 10.4. The van der Waals surface area contributed by atoms with E-state index in [1.165, 1.54) is 30.4 Å². The maximum absolute atomic E-state index is 10.8. The van der Waals surface area contributed by atoms with Crippen LogP contribution in [-0.2, 0) is 10.0 Å². The number of hydrogen-bond acceptors (Lipinski definition) is 2. The molecule has 12 heavy (non-hydrogen) atoms. The van der Waals surface area contributed by atoms with Crippen LogP contribution < -0.4 is 5.14 Å². The largest absolute Gasteiger partial charge is 0.238 e. The third-order valence-corrected chi connectivity index (χ3v) is 1.94. The molecule has 0 rings (SSSR count). The molecule has 66 valence electrons. The third kappa shape index (κ3) is 3.90. The molecular weight excluding hydrogens is 174 g/mol. The van der Waals surface area contributed by atoms with E-state index >= 15 is 0 Å². The van der Waals surface area contributed by atoms with Crippen LogP contribution in [0.1, 0.15) is 0 Å². The molecule has 0 atom stereocenters. The Bertz CT molecular complexity index is 323. The summed E-state index contributed by atoms with van der Waals surface area (Å²) < 4.78 is 21.6. The van der Waals surface area contributed by atoms with Gasteiger partial charge in [-0.05, 0) is 12.2 Å². The van der Waals surface area contributed by atoms with Crippen LogP contribution in [0.5, 0.6) is 0 Å². The van der Waals surface area contributed by atoms with Gasteiger partial charge in [-0.2, -0.15) is 0 Å². The standard InChI is InChI=1S/C8H11NO2S/c1-3-5-7-8(6-4-2)12(9,10)11/h3-7H,1-2H2,(H2,9,10,11)/b7-5-,8-6+. The summed E-state index contributed by atoms with van der Waals surface area (Å²) in [6.45, 7) is 6.77. The summed E-state index contributed by atoms with van der Waals surface area (Å²) in [5, 5.41) is 4.88. The minimum atomic E-state index is -3.64. The topological polar surface area (TPSA) is 60.2 Å². The maximum atomic E-state index is 10.8. The van der Waals surface area contributed by atoms with Gasteiger partial charge >= 0.3 is 0 Å². The first-order valence-electron chi connectivity index (χ1n) is 3.17. The molecule has 0 unspecified atom stereocenters. The van der Waals surface area contributed by atoms with Gasteiger partial charge in [0, 0.05) is 0 Å². The van der Waals surface area contributed by atoms with Crippen LogP contribution in [0.4, 0.5) is 0 Å². The van der Waals surface area contributed by atoms with Crippen molar-refractivity contribution in [3.63, 3.8) is 0 Å². The number of rotatable bonds is 4. The van der Waals surface area contributed by atoms with E-state index in [0.717, 1.165) is 0 Å². The molecule has 0 bridgehead atoms. The molecule has 0 aromatic heterocycles. The Morgan fingerprint density at radius 3 is 2.17 bits per heavy atom. The first-order valence-corrected chi connectivity index (χ1v) is 4.71. The normalized spacial score (nSPS) is 13.2. The van der Waals surface area contributed by atoms with Gasteiger partial charge in [0.15, 0.2) is 0 Å². The highest BCUT2D eigenvalue weighted by atomic mass is 32.2. The van der Waals surface area contributed by atoms with Crippen LogP contribution >= 0.6 is 0 Å². The number of hydrogen-bond donors (Lipinski definition) is 1. The van der Waals surface area contributed by atoms with Crippen molar-refractivity contribution >= 4 is 10.0 Å². The number of primary sulfonamides is 1. The van der Waals surface area contributed by atoms with E-state index in [0.29, 0.717) is 0 Å². The second-order valence-electron chi connectivity index (χ2n) is 1.94. The van der Waals surface area contributed by atoms with Crippen molar-refractivity contribution in [1.29, 1.82) is 0 Å². The number of sulfonamides is 1. The highest BCUT2D eigenvalue weighted by Gasteiger charge is 2.05. The fourth-order valence-corrected chi connectivity index (χ4v) is 1.08. The minimum Gasteiger partial charge on any atom is -0.225 e. The van der Waals surface area contributed by atoms with E-state index in [1.807, 2.05) is 0 Å². The van der Waals surface area contributed by atoms with E-state index in [9.17, 15) is 8.42 Å². The average Bonchev–Trinajstić information content (AvgIpc) is 1.95. The van der Waals surface area contributed by atoms with Gasteiger partial charge < -0.3 is 0 Å². The summed E-state index contributed by atoms with van der Waals surface area (Å²) in [7, 11) is -3.64. The lowest BCUT2D eigenvalue weighted by Gasteiger charge is -1.94. The fraction of sp³-hybridized carbons (Fsp3) is 0. The van der Waals surface area contributed by atoms with Crippen molar-refractivity contribution in [3.05, 3.63) is 48.4 Å². The van der Waals surface area contributed by atoms with Crippen molar-refractivity contribution in [2.75, 3.05) is 0 Å². The SMILES string of the molecule is C=C/C=C\C(=C/C=C)S(N)(=O)=O. The highest BCUT2D eigenvalue weighted by Crippen LogP contribution is 2.03. The van der Waals surface area contributed by atoms with Crippen LogP contribution in [0.15, 0.2) is 48.4 Å². The summed E-state index contributed by atoms with van der Waals surface area (Å²) in [5.41, 5.74) is 0. The van der Waals surface area contributed by atoms with Crippen molar-refractivity contribution in [2.45, 2.75) is 0 Å². The Hall–Kier alpha value is -1.13. The Labute approximate surface area is 72.6 Å². The number of allylic oxidation sites excluding steroid dienone is 5. The van der Waals surface area contributed by atoms with Crippen molar-refractivity contribution in [3.8, 4) is 0 Å². The molecule has 0 spiro atoms. The van der Waals surface area contributed by atoms with Gasteiger partial charge in [-0.1, -0.05) is 31.4 Å². The van der Waals surface area contributed by atoms with Crippen LogP contribution in [0, 0.1) is 0 Å². The summed E-state index contributed by atoms with van der Waals surface area (Å²) in [6.07, 6.45) is 6.97. The van der Waals surface area contributed by atoms with E-state index in [2.05, 4.69) is 13.2 Å². The molecule has 0 saturated carbocycles. The summed E-state index contributed by atoms with van der Waals surface area (Å²) in [6, 6.07) is 0. The monoisotopic (exact) mass is 185 g/mol. The van der Waals surface area contributed by atoms with Gasteiger partial charge in [-0.15, -0.1) is 0 Å². The molecule has 0 heterocycles. The molecule has 0 saturated heterocycles. The van der Waals surface area contributed by atoms with E-state index in [1.54, 1.807) is 0 Å². The van der Waals surface area contributed by atoms with Crippen molar-refractivity contribution in [2.24, 2.45) is 5.14 Å². The zero-order valence-electron chi connectivity index (χ0n) is 6.60. The van der Waals surface area contributed by atoms with Gasteiger partial charge in [0.1, 0.15) is 0 Å². The Morgan fingerprint density at radius 1 is 1.25 bits per heavy atom. The predicted molar refractivity (Wildman–Crippen MR) is 50.7 cm³/mol. The van der Waals surface area contributed by atoms with Crippen molar-refractivity contribution in [1.82, 2.24) is 0 Å². The summed E-state index contributed by atoms with van der Waals surface area (Å²) in [4.78, 5) is 0.0115. The smallest absolute Gasteiger partial charge is 0.225 e. The first kappa shape index (κ1) is 10.9. The zero-order chi connectivity index (χ0) is 9.61. The highest BCUT2D eigenvalue weighted by molar-refractivity contribution is 7.93. The molecule has 0 aliphatic heterocycles. The Balaban J connectivity index is 4.95. The lowest BCUT2D eigenvalue weighted by molar-refractivity contribution is 0.604. The predicted octanol–water partition coefficient (Wildman–Crippen LogP) is 1.09. The van der Waals surface area contributed by atoms with Crippen LogP contribution in [0.3, 0.4) is 0 Å². The molecule has 0 fully saturated rings. The average molecular weight is 185 g/mol. The Kier molecular flexibility index (Phi) is 4.25. The fourth-order valence-electron chi connectivity index (χ4n) is 0.524. The minimum absolute atomic E-state index is 0.0115. The second kappa shape index (κ2) is 4.69. The number of nitrogens with two attached hydrogens (primary N) is 1. The Morgan fingerprint density at radius 2 is 1.83 bits per heavy atom. The molecule has 4 heteroatoms. The van der Waals surface area contributed by atoms with Crippen molar-refractivity contribution < 1.29 is 8.42 Å². The van der Waals surface area contributed by atoms with Crippen LogP contribution in [0.2, 0.25) is 0 Å². The van der Waals surface area contributed by atoms with Gasteiger partial charge in [0.25, 0.3) is 0 Å². The molecule has 0 aromatic carbocycles. The van der Waals surface area contributed by atoms with Gasteiger partial charge in [0.2, 0.25) is 10.0 Å². The van der Waals surface area contributed by atoms with Crippen LogP contribution in [0.25, 0.3) is 0 Å². The summed E-state index contributed by atoms with van der Waals surface area (Å²) >= 11 is 0. The van der Waals surface area contributed by atoms with E-state index in [-0.39, 0.29) is 4.91 Å². The van der Waals surface area contributed by atoms with Gasteiger partial charge in [0.05, 0.1) is 4.91 Å². The molecule has 0 amide bonds. The van der Waals surface area contributed by atoms with Gasteiger partial charge in [-0.3, -0.25) is 0 Å². The molecule has 3 nitrogen and oxygen atoms in total. The maximum Gasteiger partial charge on any atom is 0.238 e. The quantitative estimate of drug-likeness (QED) is 0.666. The molecule has 0 aliphatic carbocycles. The molecular formula is C8H11NO2S. The summed E-state index contributed by atoms with van der Waals surface area (Å²) in [5.74, 6) is 0. The molecule has 0 aliphatic rings. The lowest BCUT2D eigenvalue weighted by Crippen LogP contribution is -2.13. The van der Waals surface area contributed by atoms with Gasteiger partial charge in [-0.25, -0.2) is 13.6 Å². The molecule has 2 N–H and O–H groups in total. The second-order valence-corrected chi connectivity index (χ2v) is 3.51. The molecule has 0 radical (unpaired) electrons. The van der Waals surface area contributed by atoms with E-state index < -0.39 is 10.0 Å². The van der Waals surface area contributed by atoms with E-state index in [4.69, 9.17) is 5.14 Å². The molecule has 0 aromatic rings. The third-order valence-electron chi connectivity index (χ3n) is 1.01. The first-order chi connectivity index (χ1) is 5.52. The van der Waals surface area contributed by atoms with Crippen LogP contribution in [-0.4, -0.2) is 8.42 Å². The zero-order valence-corrected chi connectivity index (χ0v) is 7.42.